The van der Waals surface area contributed by atoms with Crippen molar-refractivity contribution in [2.24, 2.45) is 0 Å². The van der Waals surface area contributed by atoms with Gasteiger partial charge in [-0.3, -0.25) is 4.79 Å². The molecule has 1 aliphatic rings. The molecule has 3 aromatic carbocycles. The second-order valence-corrected chi connectivity index (χ2v) is 7.38. The van der Waals surface area contributed by atoms with E-state index in [1.54, 1.807) is 0 Å². The van der Waals surface area contributed by atoms with Gasteiger partial charge in [0.05, 0.1) is 5.56 Å². The van der Waals surface area contributed by atoms with Crippen LogP contribution in [0.2, 0.25) is 0 Å². The molecule has 1 heterocycles. The van der Waals surface area contributed by atoms with Crippen molar-refractivity contribution in [3.8, 4) is 0 Å². The highest BCUT2D eigenvalue weighted by Gasteiger charge is 2.45. The van der Waals surface area contributed by atoms with Gasteiger partial charge >= 0.3 is 0 Å². The molecule has 1 N–H and O–H groups in total. The summed E-state index contributed by atoms with van der Waals surface area (Å²) in [6.07, 6.45) is 2.97. The maximum atomic E-state index is 13.7. The summed E-state index contributed by atoms with van der Waals surface area (Å²) < 4.78 is 0. The first-order chi connectivity index (χ1) is 13.7. The normalized spacial score (nSPS) is 18.5. The smallest absolute Gasteiger partial charge is 0.258 e. The third kappa shape index (κ3) is 3.29. The molecule has 1 unspecified atom stereocenters. The number of unbranched alkanes of at least 4 members (excludes halogenated alkanes) is 1. The summed E-state index contributed by atoms with van der Waals surface area (Å²) >= 11 is 0. The zero-order valence-electron chi connectivity index (χ0n) is 16.3. The molecule has 3 aromatic rings. The second kappa shape index (κ2) is 7.89. The van der Waals surface area contributed by atoms with Crippen LogP contribution in [-0.4, -0.2) is 10.8 Å². The van der Waals surface area contributed by atoms with E-state index < -0.39 is 5.66 Å². The highest BCUT2D eigenvalue weighted by atomic mass is 16.2. The summed E-state index contributed by atoms with van der Waals surface area (Å²) in [5.41, 5.74) is 3.35. The van der Waals surface area contributed by atoms with Gasteiger partial charge in [0.2, 0.25) is 0 Å². The first-order valence-electron chi connectivity index (χ1n) is 10.0. The summed E-state index contributed by atoms with van der Waals surface area (Å²) in [5.74, 6) is 0.0816. The van der Waals surface area contributed by atoms with Gasteiger partial charge in [0, 0.05) is 12.2 Å². The van der Waals surface area contributed by atoms with Gasteiger partial charge in [-0.25, -0.2) is 0 Å². The van der Waals surface area contributed by atoms with E-state index in [1.807, 2.05) is 53.4 Å². The molecule has 0 bridgehead atoms. The van der Waals surface area contributed by atoms with Crippen molar-refractivity contribution in [3.05, 3.63) is 102 Å². The average molecular weight is 370 g/mol. The lowest BCUT2D eigenvalue weighted by Gasteiger charge is -2.49. The van der Waals surface area contributed by atoms with Gasteiger partial charge in [0.1, 0.15) is 5.66 Å². The predicted octanol–water partition coefficient (Wildman–Crippen LogP) is 5.80. The summed E-state index contributed by atoms with van der Waals surface area (Å²) in [6, 6.07) is 28.5. The average Bonchev–Trinajstić information content (AvgIpc) is 2.76. The van der Waals surface area contributed by atoms with Crippen molar-refractivity contribution in [2.45, 2.75) is 38.4 Å². The van der Waals surface area contributed by atoms with Gasteiger partial charge in [-0.2, -0.15) is 0 Å². The van der Waals surface area contributed by atoms with Crippen LogP contribution in [0, 0.1) is 0 Å². The Morgan fingerprint density at radius 1 is 0.857 bits per heavy atom. The van der Waals surface area contributed by atoms with E-state index in [2.05, 4.69) is 48.6 Å². The maximum Gasteiger partial charge on any atom is 0.258 e. The van der Waals surface area contributed by atoms with Crippen LogP contribution >= 0.6 is 0 Å². The third-order valence-corrected chi connectivity index (χ3v) is 5.53. The van der Waals surface area contributed by atoms with Crippen molar-refractivity contribution >= 4 is 11.6 Å². The minimum atomic E-state index is -0.557. The van der Waals surface area contributed by atoms with Gasteiger partial charge in [-0.15, -0.1) is 0 Å². The molecule has 1 atom stereocenters. The Bertz CT molecular complexity index is 939. The molecule has 0 aromatic heterocycles. The molecular weight excluding hydrogens is 344 g/mol. The number of hydrogen-bond donors (Lipinski definition) is 1. The van der Waals surface area contributed by atoms with E-state index in [1.165, 1.54) is 0 Å². The number of rotatable bonds is 6. The molecule has 1 amide bonds. The molecule has 0 fully saturated rings. The highest BCUT2D eigenvalue weighted by molar-refractivity contribution is 6.02. The Morgan fingerprint density at radius 2 is 1.50 bits per heavy atom. The van der Waals surface area contributed by atoms with Crippen molar-refractivity contribution < 1.29 is 4.79 Å². The van der Waals surface area contributed by atoms with Crippen LogP contribution < -0.4 is 5.32 Å². The number of hydrogen-bond acceptors (Lipinski definition) is 2. The molecule has 4 rings (SSSR count). The standard InChI is InChI=1S/C25H26N2O/c1-2-3-18-25(21-14-8-5-9-15-21)26-23-17-11-10-16-22(23)24(28)27(25)19-20-12-6-4-7-13-20/h4-17,26H,2-3,18-19H2,1H3. The number of carbonyl (C=O) groups excluding carboxylic acids is 1. The van der Waals surface area contributed by atoms with Crippen molar-refractivity contribution in [3.63, 3.8) is 0 Å². The lowest BCUT2D eigenvalue weighted by Crippen LogP contribution is -2.57. The highest BCUT2D eigenvalue weighted by Crippen LogP contribution is 2.42. The first kappa shape index (κ1) is 18.3. The number of carbonyl (C=O) groups is 1. The van der Waals surface area contributed by atoms with E-state index in [9.17, 15) is 4.79 Å². The van der Waals surface area contributed by atoms with Gasteiger partial charge in [0.15, 0.2) is 0 Å². The molecule has 0 saturated heterocycles. The van der Waals surface area contributed by atoms with Gasteiger partial charge < -0.3 is 10.2 Å². The monoisotopic (exact) mass is 370 g/mol. The molecule has 3 heteroatoms. The van der Waals surface area contributed by atoms with Crippen LogP contribution in [0.5, 0.6) is 0 Å². The number of nitrogens with zero attached hydrogens (tertiary/aromatic N) is 1. The van der Waals surface area contributed by atoms with Gasteiger partial charge in [0.25, 0.3) is 5.91 Å². The molecular formula is C25H26N2O. The SMILES string of the molecule is CCCCC1(c2ccccc2)Nc2ccccc2C(=O)N1Cc1ccccc1. The topological polar surface area (TPSA) is 32.3 Å². The summed E-state index contributed by atoms with van der Waals surface area (Å²) in [7, 11) is 0. The third-order valence-electron chi connectivity index (χ3n) is 5.53. The Kier molecular flexibility index (Phi) is 5.16. The molecule has 0 spiro atoms. The lowest BCUT2D eigenvalue weighted by molar-refractivity contribution is 0.0435. The van der Waals surface area contributed by atoms with Crippen LogP contribution in [0.1, 0.15) is 47.7 Å². The van der Waals surface area contributed by atoms with Crippen LogP contribution in [0.3, 0.4) is 0 Å². The fourth-order valence-corrected chi connectivity index (χ4v) is 4.08. The van der Waals surface area contributed by atoms with E-state index in [0.29, 0.717) is 6.54 Å². The minimum absolute atomic E-state index is 0.0816. The zero-order valence-corrected chi connectivity index (χ0v) is 16.3. The number of amides is 1. The Hall–Kier alpha value is -3.07. The Morgan fingerprint density at radius 3 is 2.21 bits per heavy atom. The number of nitrogens with one attached hydrogen (secondary N) is 1. The first-order valence-corrected chi connectivity index (χ1v) is 10.0. The predicted molar refractivity (Wildman–Crippen MR) is 114 cm³/mol. The minimum Gasteiger partial charge on any atom is -0.358 e. The fourth-order valence-electron chi connectivity index (χ4n) is 4.08. The van der Waals surface area contributed by atoms with Crippen LogP contribution in [0.4, 0.5) is 5.69 Å². The van der Waals surface area contributed by atoms with Gasteiger partial charge in [-0.05, 0) is 36.1 Å². The van der Waals surface area contributed by atoms with E-state index in [4.69, 9.17) is 0 Å². The number of benzene rings is 3. The Balaban J connectivity index is 1.87. The van der Waals surface area contributed by atoms with Crippen molar-refractivity contribution in [2.75, 3.05) is 5.32 Å². The van der Waals surface area contributed by atoms with Crippen LogP contribution in [-0.2, 0) is 12.2 Å². The molecule has 0 aliphatic carbocycles. The van der Waals surface area contributed by atoms with E-state index >= 15 is 0 Å². The van der Waals surface area contributed by atoms with E-state index in [0.717, 1.165) is 41.6 Å². The zero-order chi connectivity index (χ0) is 19.4. The van der Waals surface area contributed by atoms with Crippen LogP contribution in [0.25, 0.3) is 0 Å². The lowest BCUT2D eigenvalue weighted by atomic mass is 9.87. The quantitative estimate of drug-likeness (QED) is 0.595. The van der Waals surface area contributed by atoms with Crippen LogP contribution in [0.15, 0.2) is 84.9 Å². The summed E-state index contributed by atoms with van der Waals surface area (Å²) in [6.45, 7) is 2.76. The molecule has 3 nitrogen and oxygen atoms in total. The molecule has 0 radical (unpaired) electrons. The van der Waals surface area contributed by atoms with Gasteiger partial charge in [-0.1, -0.05) is 86.1 Å². The van der Waals surface area contributed by atoms with E-state index in [-0.39, 0.29) is 5.91 Å². The maximum absolute atomic E-state index is 13.7. The van der Waals surface area contributed by atoms with Crippen molar-refractivity contribution in [1.29, 1.82) is 0 Å². The second-order valence-electron chi connectivity index (χ2n) is 7.38. The number of para-hydroxylation sites is 1. The molecule has 1 aliphatic heterocycles. The Labute approximate surface area is 167 Å². The number of fused-ring (bicyclic) bond motifs is 1. The summed E-state index contributed by atoms with van der Waals surface area (Å²) in [5, 5.41) is 3.77. The molecule has 142 valence electrons. The number of anilines is 1. The largest absolute Gasteiger partial charge is 0.358 e. The molecule has 0 saturated carbocycles. The van der Waals surface area contributed by atoms with Crippen molar-refractivity contribution in [1.82, 2.24) is 4.90 Å². The summed E-state index contributed by atoms with van der Waals surface area (Å²) in [4.78, 5) is 15.7. The fraction of sp³-hybridized carbons (Fsp3) is 0.240. The molecule has 28 heavy (non-hydrogen) atoms.